The van der Waals surface area contributed by atoms with E-state index in [1.54, 1.807) is 0 Å². The Hall–Kier alpha value is -2.21. The van der Waals surface area contributed by atoms with Crippen molar-refractivity contribution < 1.29 is 18.4 Å². The van der Waals surface area contributed by atoms with Gasteiger partial charge in [-0.25, -0.2) is 8.78 Å². The zero-order valence-corrected chi connectivity index (χ0v) is 11.4. The van der Waals surface area contributed by atoms with Gasteiger partial charge < -0.3 is 4.74 Å². The third kappa shape index (κ3) is 3.66. The van der Waals surface area contributed by atoms with Crippen LogP contribution in [0.4, 0.5) is 14.5 Å². The van der Waals surface area contributed by atoms with Crippen molar-refractivity contribution in [3.63, 3.8) is 0 Å². The van der Waals surface area contributed by atoms with Crippen LogP contribution in [0.15, 0.2) is 36.4 Å². The third-order valence-electron chi connectivity index (χ3n) is 2.79. The Morgan fingerprint density at radius 1 is 1.14 bits per heavy atom. The van der Waals surface area contributed by atoms with Crippen LogP contribution in [0.5, 0.6) is 5.75 Å². The van der Waals surface area contributed by atoms with Crippen molar-refractivity contribution in [2.75, 3.05) is 0 Å². The topological polar surface area (TPSA) is 52.4 Å². The van der Waals surface area contributed by atoms with Crippen LogP contribution in [0, 0.1) is 21.7 Å². The quantitative estimate of drug-likeness (QED) is 0.472. The number of rotatable bonds is 5. The number of non-ortho nitro benzene ring substituents is 1. The molecule has 0 aliphatic rings. The Kier molecular flexibility index (Phi) is 4.70. The lowest BCUT2D eigenvalue weighted by Gasteiger charge is -2.10. The number of hydrogen-bond acceptors (Lipinski definition) is 3. The smallest absolute Gasteiger partial charge is 0.270 e. The Morgan fingerprint density at radius 2 is 1.90 bits per heavy atom. The second-order valence-electron chi connectivity index (χ2n) is 4.21. The zero-order valence-electron chi connectivity index (χ0n) is 10.7. The first-order valence-corrected chi connectivity index (χ1v) is 6.44. The summed E-state index contributed by atoms with van der Waals surface area (Å²) in [6, 6.07) is 6.97. The molecule has 0 atom stereocenters. The van der Waals surface area contributed by atoms with Gasteiger partial charge >= 0.3 is 0 Å². The molecular weight excluding hydrogens is 304 g/mol. The van der Waals surface area contributed by atoms with E-state index in [-0.39, 0.29) is 23.7 Å². The average Bonchev–Trinajstić information content (AvgIpc) is 2.47. The standard InChI is InChI=1S/C14H10ClF2NO3/c15-7-9-6-12(18(19)20)2-4-14(9)21-8-10-5-11(16)1-3-13(10)17/h1-6H,7-8H2. The minimum Gasteiger partial charge on any atom is -0.488 e. The van der Waals surface area contributed by atoms with E-state index in [0.717, 1.165) is 18.2 Å². The van der Waals surface area contributed by atoms with Crippen molar-refractivity contribution >= 4 is 17.3 Å². The maximum atomic E-state index is 13.5. The van der Waals surface area contributed by atoms with Crippen LogP contribution in [0.3, 0.4) is 0 Å². The molecule has 0 heterocycles. The summed E-state index contributed by atoms with van der Waals surface area (Å²) in [6.07, 6.45) is 0. The molecule has 0 bridgehead atoms. The number of ether oxygens (including phenoxy) is 1. The van der Waals surface area contributed by atoms with Crippen molar-refractivity contribution in [3.8, 4) is 5.75 Å². The predicted octanol–water partition coefficient (Wildman–Crippen LogP) is 4.19. The Labute approximate surface area is 124 Å². The van der Waals surface area contributed by atoms with Crippen LogP contribution < -0.4 is 4.74 Å². The highest BCUT2D eigenvalue weighted by Crippen LogP contribution is 2.26. The van der Waals surface area contributed by atoms with Gasteiger partial charge in [0.15, 0.2) is 0 Å². The van der Waals surface area contributed by atoms with E-state index in [1.807, 2.05) is 0 Å². The number of benzene rings is 2. The molecule has 2 aromatic rings. The van der Waals surface area contributed by atoms with E-state index in [0.29, 0.717) is 11.3 Å². The summed E-state index contributed by atoms with van der Waals surface area (Å²) in [5.74, 6) is -0.871. The van der Waals surface area contributed by atoms with Gasteiger partial charge in [0.25, 0.3) is 5.69 Å². The van der Waals surface area contributed by atoms with Gasteiger partial charge in [0.2, 0.25) is 0 Å². The number of hydrogen-bond donors (Lipinski definition) is 0. The van der Waals surface area contributed by atoms with Crippen LogP contribution in [-0.4, -0.2) is 4.92 Å². The second kappa shape index (κ2) is 6.49. The minimum absolute atomic E-state index is 0.00263. The normalized spacial score (nSPS) is 10.4. The molecule has 2 aromatic carbocycles. The number of halogens is 3. The fourth-order valence-electron chi connectivity index (χ4n) is 1.73. The molecular formula is C14H10ClF2NO3. The first kappa shape index (κ1) is 15.2. The van der Waals surface area contributed by atoms with E-state index < -0.39 is 16.6 Å². The van der Waals surface area contributed by atoms with Gasteiger partial charge in [0.1, 0.15) is 24.0 Å². The molecule has 21 heavy (non-hydrogen) atoms. The second-order valence-corrected chi connectivity index (χ2v) is 4.47. The molecule has 0 unspecified atom stereocenters. The van der Waals surface area contributed by atoms with Gasteiger partial charge in [-0.05, 0) is 24.3 Å². The molecule has 110 valence electrons. The number of nitro benzene ring substituents is 1. The molecule has 4 nitrogen and oxygen atoms in total. The van der Waals surface area contributed by atoms with Gasteiger partial charge in [0.05, 0.1) is 10.8 Å². The summed E-state index contributed by atoms with van der Waals surface area (Å²) in [6.45, 7) is -0.203. The highest BCUT2D eigenvalue weighted by molar-refractivity contribution is 6.17. The van der Waals surface area contributed by atoms with E-state index in [4.69, 9.17) is 16.3 Å². The van der Waals surface area contributed by atoms with Crippen LogP contribution in [-0.2, 0) is 12.5 Å². The molecule has 0 amide bonds. The maximum Gasteiger partial charge on any atom is 0.270 e. The molecule has 0 N–H and O–H groups in total. The van der Waals surface area contributed by atoms with Crippen LogP contribution in [0.2, 0.25) is 0 Å². The molecule has 0 fully saturated rings. The van der Waals surface area contributed by atoms with Gasteiger partial charge in [-0.1, -0.05) is 0 Å². The third-order valence-corrected chi connectivity index (χ3v) is 3.08. The number of alkyl halides is 1. The summed E-state index contributed by atoms with van der Waals surface area (Å²) in [5, 5.41) is 10.7. The summed E-state index contributed by atoms with van der Waals surface area (Å²) in [7, 11) is 0. The lowest BCUT2D eigenvalue weighted by Crippen LogP contribution is -2.01. The monoisotopic (exact) mass is 313 g/mol. The number of nitrogens with zero attached hydrogens (tertiary/aromatic N) is 1. The Morgan fingerprint density at radius 3 is 2.57 bits per heavy atom. The molecule has 7 heteroatoms. The minimum atomic E-state index is -0.592. The van der Waals surface area contributed by atoms with Gasteiger partial charge in [-0.2, -0.15) is 0 Å². The summed E-state index contributed by atoms with van der Waals surface area (Å²) >= 11 is 5.71. The molecule has 0 saturated heterocycles. The molecule has 0 aliphatic carbocycles. The van der Waals surface area contributed by atoms with E-state index in [9.17, 15) is 18.9 Å². The fraction of sp³-hybridized carbons (Fsp3) is 0.143. The zero-order chi connectivity index (χ0) is 15.4. The SMILES string of the molecule is O=[N+]([O-])c1ccc(OCc2cc(F)ccc2F)c(CCl)c1. The highest BCUT2D eigenvalue weighted by Gasteiger charge is 2.12. The predicted molar refractivity (Wildman–Crippen MR) is 73.3 cm³/mol. The fourth-order valence-corrected chi connectivity index (χ4v) is 1.94. The largest absolute Gasteiger partial charge is 0.488 e. The summed E-state index contributed by atoms with van der Waals surface area (Å²) in [5.41, 5.74) is 0.339. The maximum absolute atomic E-state index is 13.5. The Balaban J connectivity index is 2.19. The van der Waals surface area contributed by atoms with Gasteiger partial charge in [-0.3, -0.25) is 10.1 Å². The first-order valence-electron chi connectivity index (χ1n) is 5.91. The van der Waals surface area contributed by atoms with Crippen molar-refractivity contribution in [2.24, 2.45) is 0 Å². The van der Waals surface area contributed by atoms with E-state index >= 15 is 0 Å². The molecule has 0 aromatic heterocycles. The number of nitro groups is 1. The van der Waals surface area contributed by atoms with Crippen molar-refractivity contribution in [2.45, 2.75) is 12.5 Å². The molecule has 2 rings (SSSR count). The summed E-state index contributed by atoms with van der Waals surface area (Å²) in [4.78, 5) is 10.1. The van der Waals surface area contributed by atoms with Crippen molar-refractivity contribution in [1.29, 1.82) is 0 Å². The van der Waals surface area contributed by atoms with Crippen LogP contribution in [0.25, 0.3) is 0 Å². The van der Waals surface area contributed by atoms with E-state index in [1.165, 1.54) is 18.2 Å². The molecule has 0 aliphatic heterocycles. The highest BCUT2D eigenvalue weighted by atomic mass is 35.5. The van der Waals surface area contributed by atoms with Gasteiger partial charge in [-0.15, -0.1) is 11.6 Å². The van der Waals surface area contributed by atoms with Crippen molar-refractivity contribution in [1.82, 2.24) is 0 Å². The molecule has 0 spiro atoms. The average molecular weight is 314 g/mol. The lowest BCUT2D eigenvalue weighted by atomic mass is 10.2. The lowest BCUT2D eigenvalue weighted by molar-refractivity contribution is -0.384. The van der Waals surface area contributed by atoms with Crippen LogP contribution in [0.1, 0.15) is 11.1 Å². The van der Waals surface area contributed by atoms with E-state index in [2.05, 4.69) is 0 Å². The first-order chi connectivity index (χ1) is 10.0. The molecule has 0 radical (unpaired) electrons. The summed E-state index contributed by atoms with van der Waals surface area (Å²) < 4.78 is 31.9. The van der Waals surface area contributed by atoms with Crippen molar-refractivity contribution in [3.05, 3.63) is 69.3 Å². The van der Waals surface area contributed by atoms with Crippen LogP contribution >= 0.6 is 11.6 Å². The molecule has 0 saturated carbocycles. The Bertz CT molecular complexity index is 679. The van der Waals surface area contributed by atoms with Gasteiger partial charge in [0, 0.05) is 23.3 Å².